The summed E-state index contributed by atoms with van der Waals surface area (Å²) in [5.41, 5.74) is 5.30. The van der Waals surface area contributed by atoms with E-state index in [-0.39, 0.29) is 51.1 Å². The van der Waals surface area contributed by atoms with E-state index in [1.165, 1.54) is 6.92 Å². The Labute approximate surface area is 528 Å². The minimum absolute atomic E-state index is 0.0115. The summed E-state index contributed by atoms with van der Waals surface area (Å²) in [6.45, 7) is 5.92. The predicted molar refractivity (Wildman–Crippen MR) is 314 cm³/mol. The van der Waals surface area contributed by atoms with Gasteiger partial charge in [0, 0.05) is 25.9 Å². The number of hydrogen-bond acceptors (Lipinski definition) is 20. The van der Waals surface area contributed by atoms with Crippen LogP contribution < -0.4 is 69.5 Å². The number of primary amides is 1. The third kappa shape index (κ3) is 23.6. The number of nitrogens with one attached hydrogen (secondary N) is 12. The Bertz CT molecular complexity index is 2770. The van der Waals surface area contributed by atoms with E-state index < -0.39 is 243 Å². The molecule has 3 aliphatic heterocycles. The van der Waals surface area contributed by atoms with Crippen molar-refractivity contribution < 1.29 is 107 Å². The van der Waals surface area contributed by atoms with Crippen molar-refractivity contribution in [1.29, 1.82) is 0 Å². The number of fused-ring (bicyclic) bond motifs is 2. The molecule has 3 saturated heterocycles. The minimum Gasteiger partial charge on any atom is -0.481 e. The molecule has 0 spiro atoms. The zero-order valence-electron chi connectivity index (χ0n) is 52.1. The predicted octanol–water partition coefficient (Wildman–Crippen LogP) is -9.23. The molecule has 3 fully saturated rings. The van der Waals surface area contributed by atoms with E-state index in [0.717, 1.165) is 23.6 Å². The first kappa shape index (κ1) is 77.1. The zero-order valence-corrected chi connectivity index (χ0v) is 52.1. The average molecular weight is 1310 g/mol. The largest absolute Gasteiger partial charge is 0.481 e. The molecule has 0 aromatic carbocycles. The lowest BCUT2D eigenvalue weighted by molar-refractivity contribution is -0.143. The van der Waals surface area contributed by atoms with Crippen LogP contribution in [0.2, 0.25) is 0 Å². The molecular formula is C55H87N15O22. The van der Waals surface area contributed by atoms with Gasteiger partial charge in [-0.3, -0.25) is 81.5 Å². The molecule has 92 heavy (non-hydrogen) atoms. The van der Waals surface area contributed by atoms with Crippen LogP contribution in [0.25, 0.3) is 0 Å². The standard InChI is InChI=1S/C55H87N15O22/c1-24(2)18-31-46(83)57-20-39(75)61-34(22-72)54(91)70-17-9-11-37(70)52(89)66-33(21-71)50(87)59-26(5)43(80)62-29(12-14-38(56)74)48(85)64-32(19-41(78)79)49(86)63-30(13-15-40(76)77)47(84)58-27(6)44(81)67-35(23-73)55(92)69-16-8-10-36(69)51(88)60-28(7)45(82)68-42(25(3)4)53(90)65-31/h24-37,42,71-73H,8-23H2,1-7H3,(H2,56,74)(H,57,83)(H,58,84)(H,59,87)(H,60,88)(H,61,75)(H,62,80)(H,63,86)(H,64,85)(H,65,90)(H,66,89)(H,67,81)(H,68,82)(H,76,77)(H,78,79)/t26-,27-,28-,29-,30-,31-,32-,33-,34-,35-,36-,37-,42-/m0/s1. The lowest BCUT2D eigenvalue weighted by Crippen LogP contribution is -2.61. The van der Waals surface area contributed by atoms with Crippen LogP contribution in [0.5, 0.6) is 0 Å². The number of carbonyl (C=O) groups is 17. The third-order valence-corrected chi connectivity index (χ3v) is 15.0. The van der Waals surface area contributed by atoms with Crippen LogP contribution in [0.4, 0.5) is 0 Å². The van der Waals surface area contributed by atoms with Crippen molar-refractivity contribution >= 4 is 101 Å². The second kappa shape index (κ2) is 36.6. The fourth-order valence-electron chi connectivity index (χ4n) is 9.90. The van der Waals surface area contributed by atoms with Gasteiger partial charge in [-0.05, 0) is 77.6 Å². The summed E-state index contributed by atoms with van der Waals surface area (Å²) in [5.74, 6) is -20.0. The molecule has 0 aromatic rings. The smallest absolute Gasteiger partial charge is 0.305 e. The molecule has 15 amide bonds. The SMILES string of the molecule is CC(C)C[C@@H]1NC(=O)[C@H](C(C)C)NC(=O)[C@H](C)NC(=O)[C@@H]2CCCN2C(=O)[C@H](CO)NC(=O)[C@H](C)NC(=O)[C@H](CCC(=O)O)NC(=O)[C@H](CC(=O)O)NC(=O)[C@H](CCC(N)=O)NC(=O)[C@H](C)NC(=O)[C@H](CO)NC(=O)[C@@H]2CCCN2C(=O)[C@H](CO)NC(=O)CNC1=O. The second-order valence-electron chi connectivity index (χ2n) is 23.2. The van der Waals surface area contributed by atoms with Gasteiger partial charge in [-0.1, -0.05) is 27.7 Å². The Balaban J connectivity index is 2.03. The molecule has 37 heteroatoms. The van der Waals surface area contributed by atoms with Crippen molar-refractivity contribution in [2.45, 2.75) is 191 Å². The van der Waals surface area contributed by atoms with Gasteiger partial charge in [-0.25, -0.2) is 0 Å². The van der Waals surface area contributed by atoms with E-state index in [2.05, 4.69) is 63.8 Å². The Morgan fingerprint density at radius 3 is 1.32 bits per heavy atom. The van der Waals surface area contributed by atoms with E-state index in [4.69, 9.17) is 5.73 Å². The maximum absolute atomic E-state index is 13.9. The topological polar surface area (TPSA) is 568 Å². The van der Waals surface area contributed by atoms with Crippen molar-refractivity contribution in [3.05, 3.63) is 0 Å². The lowest BCUT2D eigenvalue weighted by Gasteiger charge is -2.30. The van der Waals surface area contributed by atoms with E-state index in [0.29, 0.717) is 0 Å². The maximum atomic E-state index is 13.9. The highest BCUT2D eigenvalue weighted by Crippen LogP contribution is 2.21. The minimum atomic E-state index is -2.13. The normalized spacial score (nSPS) is 28.5. The van der Waals surface area contributed by atoms with Gasteiger partial charge in [0.15, 0.2) is 0 Å². The van der Waals surface area contributed by atoms with Gasteiger partial charge in [-0.2, -0.15) is 0 Å². The Morgan fingerprint density at radius 2 is 0.848 bits per heavy atom. The first-order chi connectivity index (χ1) is 43.1. The van der Waals surface area contributed by atoms with Gasteiger partial charge in [0.2, 0.25) is 88.6 Å². The van der Waals surface area contributed by atoms with Crippen molar-refractivity contribution in [2.75, 3.05) is 39.5 Å². The molecule has 0 saturated carbocycles. The number of aliphatic carboxylic acids is 2. The second-order valence-corrected chi connectivity index (χ2v) is 23.2. The number of amides is 15. The number of nitrogens with zero attached hydrogens (tertiary/aromatic N) is 2. The summed E-state index contributed by atoms with van der Waals surface area (Å²) in [6.07, 6.45) is -3.53. The molecule has 3 aliphatic rings. The van der Waals surface area contributed by atoms with E-state index in [1.807, 2.05) is 0 Å². The number of carboxylic acid groups (broad SMARTS) is 2. The van der Waals surface area contributed by atoms with Crippen LogP contribution in [-0.4, -0.2) is 254 Å². The van der Waals surface area contributed by atoms with Crippen molar-refractivity contribution in [1.82, 2.24) is 73.6 Å². The molecule has 13 atom stereocenters. The third-order valence-electron chi connectivity index (χ3n) is 15.0. The molecule has 0 unspecified atom stereocenters. The van der Waals surface area contributed by atoms with Gasteiger partial charge in [0.1, 0.15) is 78.5 Å². The number of aliphatic hydroxyl groups excluding tert-OH is 3. The summed E-state index contributed by atoms with van der Waals surface area (Å²) in [5, 5.41) is 77.6. The summed E-state index contributed by atoms with van der Waals surface area (Å²) in [6, 6.07) is -21.1. The van der Waals surface area contributed by atoms with Gasteiger partial charge in [0.05, 0.1) is 32.8 Å². The number of carbonyl (C=O) groups excluding carboxylic acids is 15. The molecule has 0 bridgehead atoms. The fraction of sp³-hybridized carbons (Fsp3) is 0.691. The summed E-state index contributed by atoms with van der Waals surface area (Å²) in [7, 11) is 0. The summed E-state index contributed by atoms with van der Waals surface area (Å²) in [4.78, 5) is 229. The molecule has 37 nitrogen and oxygen atoms in total. The Kier molecular flexibility index (Phi) is 30.7. The zero-order chi connectivity index (χ0) is 69.4. The number of hydrogen-bond donors (Lipinski definition) is 18. The molecule has 19 N–H and O–H groups in total. The Morgan fingerprint density at radius 1 is 0.457 bits per heavy atom. The van der Waals surface area contributed by atoms with E-state index in [1.54, 1.807) is 27.7 Å². The molecule has 0 aromatic heterocycles. The van der Waals surface area contributed by atoms with Crippen LogP contribution >= 0.6 is 0 Å². The number of rotatable bonds is 14. The number of carboxylic acids is 2. The summed E-state index contributed by atoms with van der Waals surface area (Å²) < 4.78 is 0. The quantitative estimate of drug-likeness (QED) is 0.0768. The number of aliphatic hydroxyl groups is 3. The first-order valence-corrected chi connectivity index (χ1v) is 29.9. The molecule has 514 valence electrons. The van der Waals surface area contributed by atoms with Crippen molar-refractivity contribution in [3.63, 3.8) is 0 Å². The molecular weight excluding hydrogens is 1220 g/mol. The van der Waals surface area contributed by atoms with Crippen molar-refractivity contribution in [2.24, 2.45) is 17.6 Å². The molecule has 0 radical (unpaired) electrons. The molecule has 3 rings (SSSR count). The molecule has 3 heterocycles. The van der Waals surface area contributed by atoms with Gasteiger partial charge in [-0.15, -0.1) is 0 Å². The van der Waals surface area contributed by atoms with Crippen LogP contribution in [-0.2, 0) is 81.5 Å². The van der Waals surface area contributed by atoms with Gasteiger partial charge < -0.3 is 105 Å². The maximum Gasteiger partial charge on any atom is 0.305 e. The van der Waals surface area contributed by atoms with Crippen LogP contribution in [0.3, 0.4) is 0 Å². The highest BCUT2D eigenvalue weighted by atomic mass is 16.4. The van der Waals surface area contributed by atoms with Crippen molar-refractivity contribution in [3.8, 4) is 0 Å². The van der Waals surface area contributed by atoms with Crippen LogP contribution in [0.1, 0.15) is 113 Å². The van der Waals surface area contributed by atoms with E-state index >= 15 is 0 Å². The highest BCUT2D eigenvalue weighted by molar-refractivity contribution is 6.01. The molecule has 0 aliphatic carbocycles. The average Bonchev–Trinajstić information content (AvgIpc) is 1.79. The lowest BCUT2D eigenvalue weighted by atomic mass is 9.99. The van der Waals surface area contributed by atoms with Gasteiger partial charge >= 0.3 is 11.9 Å². The van der Waals surface area contributed by atoms with Crippen LogP contribution in [0, 0.1) is 11.8 Å². The van der Waals surface area contributed by atoms with Gasteiger partial charge in [0.25, 0.3) is 0 Å². The number of nitrogens with two attached hydrogens (primary N) is 1. The van der Waals surface area contributed by atoms with Crippen LogP contribution in [0.15, 0.2) is 0 Å². The fourth-order valence-corrected chi connectivity index (χ4v) is 9.90. The summed E-state index contributed by atoms with van der Waals surface area (Å²) >= 11 is 0. The first-order valence-electron chi connectivity index (χ1n) is 29.9. The van der Waals surface area contributed by atoms with E-state index in [9.17, 15) is 107 Å². The highest BCUT2D eigenvalue weighted by Gasteiger charge is 2.42. The monoisotopic (exact) mass is 1310 g/mol. The Hall–Kier alpha value is -9.13.